The number of hydroxylamine groups is 1. The standard InChI is InChI=1S/C33H39ClFN7O4/c1-4-33(43)39-26-16-27(30(44-3)17-29(26)40-10-7-23(8-11-40)41-12-14-45-21(2)19-41)38-31-18-32(37-20-36-31)42-28(9-13-46-42)22-5-6-25(35)24(34)15-22/h4-6,15-18,20-21,23,28H,1,7-14,19H2,2-3H3,(H,39,43)(H,36,37,38)/t21-,28+/m0/s1. The molecule has 6 rings (SSSR count). The van der Waals surface area contributed by atoms with Crippen LogP contribution in [0.2, 0.25) is 5.02 Å². The number of aromatic nitrogens is 2. The van der Waals surface area contributed by atoms with Gasteiger partial charge >= 0.3 is 0 Å². The highest BCUT2D eigenvalue weighted by molar-refractivity contribution is 6.30. The third kappa shape index (κ3) is 7.05. The summed E-state index contributed by atoms with van der Waals surface area (Å²) < 4.78 is 25.4. The zero-order valence-corrected chi connectivity index (χ0v) is 26.8. The molecule has 1 aromatic heterocycles. The lowest BCUT2D eigenvalue weighted by molar-refractivity contribution is -0.111. The number of nitrogens with zero attached hydrogens (tertiary/aromatic N) is 5. The molecule has 0 aliphatic carbocycles. The molecule has 3 aliphatic heterocycles. The lowest BCUT2D eigenvalue weighted by atomic mass is 10.0. The molecule has 0 spiro atoms. The van der Waals surface area contributed by atoms with E-state index >= 15 is 0 Å². The van der Waals surface area contributed by atoms with Crippen molar-refractivity contribution in [2.24, 2.45) is 0 Å². The van der Waals surface area contributed by atoms with Gasteiger partial charge in [0.1, 0.15) is 23.7 Å². The largest absolute Gasteiger partial charge is 0.494 e. The lowest BCUT2D eigenvalue weighted by Gasteiger charge is -2.42. The van der Waals surface area contributed by atoms with Gasteiger partial charge in [-0.2, -0.15) is 0 Å². The van der Waals surface area contributed by atoms with Gasteiger partial charge in [-0.1, -0.05) is 24.2 Å². The smallest absolute Gasteiger partial charge is 0.247 e. The Hall–Kier alpha value is -3.97. The molecule has 3 aliphatic rings. The van der Waals surface area contributed by atoms with Crippen LogP contribution in [0.3, 0.4) is 0 Å². The van der Waals surface area contributed by atoms with Crippen molar-refractivity contribution in [1.29, 1.82) is 0 Å². The normalized spacial score (nSPS) is 20.9. The summed E-state index contributed by atoms with van der Waals surface area (Å²) >= 11 is 6.06. The van der Waals surface area contributed by atoms with Crippen molar-refractivity contribution in [3.05, 3.63) is 71.8 Å². The first-order valence-electron chi connectivity index (χ1n) is 15.5. The molecule has 2 N–H and O–H groups in total. The van der Waals surface area contributed by atoms with Crippen molar-refractivity contribution in [3.63, 3.8) is 0 Å². The predicted octanol–water partition coefficient (Wildman–Crippen LogP) is 5.72. The summed E-state index contributed by atoms with van der Waals surface area (Å²) in [5.74, 6) is 0.821. The molecule has 11 nitrogen and oxygen atoms in total. The van der Waals surface area contributed by atoms with Gasteiger partial charge in [-0.3, -0.25) is 14.5 Å². The van der Waals surface area contributed by atoms with E-state index in [1.54, 1.807) is 30.4 Å². The Bertz CT molecular complexity index is 1570. The number of hydrogen-bond acceptors (Lipinski definition) is 10. The minimum absolute atomic E-state index is 0.0559. The fourth-order valence-electron chi connectivity index (χ4n) is 6.42. The number of amides is 1. The molecule has 3 saturated heterocycles. The third-order valence-corrected chi connectivity index (χ3v) is 9.02. The zero-order chi connectivity index (χ0) is 32.2. The molecule has 0 saturated carbocycles. The number of carbonyl (C=O) groups excluding carboxylic acids is 1. The Morgan fingerprint density at radius 3 is 2.67 bits per heavy atom. The summed E-state index contributed by atoms with van der Waals surface area (Å²) in [4.78, 5) is 32.1. The highest BCUT2D eigenvalue weighted by Crippen LogP contribution is 2.41. The van der Waals surface area contributed by atoms with Gasteiger partial charge in [0.25, 0.3) is 0 Å². The predicted molar refractivity (Wildman–Crippen MR) is 177 cm³/mol. The van der Waals surface area contributed by atoms with Gasteiger partial charge < -0.3 is 25.0 Å². The summed E-state index contributed by atoms with van der Waals surface area (Å²) in [6, 6.07) is 10.5. The Kier molecular flexibility index (Phi) is 9.88. The van der Waals surface area contributed by atoms with Gasteiger partial charge in [0, 0.05) is 50.8 Å². The molecule has 1 amide bonds. The van der Waals surface area contributed by atoms with Gasteiger partial charge in [-0.05, 0) is 49.6 Å². The highest BCUT2D eigenvalue weighted by Gasteiger charge is 2.31. The van der Waals surface area contributed by atoms with Gasteiger partial charge in [-0.15, -0.1) is 0 Å². The maximum absolute atomic E-state index is 13.8. The van der Waals surface area contributed by atoms with Crippen molar-refractivity contribution in [2.45, 2.75) is 44.4 Å². The molecule has 244 valence electrons. The van der Waals surface area contributed by atoms with Crippen molar-refractivity contribution in [1.82, 2.24) is 14.9 Å². The monoisotopic (exact) mass is 651 g/mol. The van der Waals surface area contributed by atoms with Crippen LogP contribution in [0.25, 0.3) is 0 Å². The number of methoxy groups -OCH3 is 1. The van der Waals surface area contributed by atoms with Crippen molar-refractivity contribution >= 4 is 46.2 Å². The van der Waals surface area contributed by atoms with Crippen LogP contribution in [0, 0.1) is 5.82 Å². The third-order valence-electron chi connectivity index (χ3n) is 8.73. The van der Waals surface area contributed by atoms with Crippen LogP contribution in [0.5, 0.6) is 5.75 Å². The Morgan fingerprint density at radius 2 is 1.93 bits per heavy atom. The van der Waals surface area contributed by atoms with E-state index < -0.39 is 5.82 Å². The molecular formula is C33H39ClFN7O4. The minimum atomic E-state index is -0.472. The van der Waals surface area contributed by atoms with Gasteiger partial charge in [0.15, 0.2) is 5.82 Å². The van der Waals surface area contributed by atoms with Crippen molar-refractivity contribution in [2.75, 3.05) is 67.1 Å². The second-order valence-electron chi connectivity index (χ2n) is 11.7. The van der Waals surface area contributed by atoms with E-state index in [4.69, 9.17) is 25.9 Å². The Balaban J connectivity index is 1.23. The van der Waals surface area contributed by atoms with Crippen LogP contribution in [-0.2, 0) is 14.4 Å². The molecule has 2 atom stereocenters. The second-order valence-corrected chi connectivity index (χ2v) is 12.1. The number of carbonyl (C=O) groups is 1. The van der Waals surface area contributed by atoms with Gasteiger partial charge in [-0.25, -0.2) is 19.4 Å². The topological polar surface area (TPSA) is 104 Å². The summed E-state index contributed by atoms with van der Waals surface area (Å²) in [7, 11) is 1.61. The number of halogens is 2. The first kappa shape index (κ1) is 32.0. The number of nitrogens with one attached hydrogen (secondary N) is 2. The number of benzene rings is 2. The summed E-state index contributed by atoms with van der Waals surface area (Å²) in [6.45, 7) is 10.6. The van der Waals surface area contributed by atoms with E-state index in [-0.39, 0.29) is 23.1 Å². The van der Waals surface area contributed by atoms with Crippen LogP contribution in [0.4, 0.5) is 33.1 Å². The first-order valence-corrected chi connectivity index (χ1v) is 15.9. The summed E-state index contributed by atoms with van der Waals surface area (Å²) in [5, 5.41) is 8.06. The molecule has 13 heteroatoms. The lowest BCUT2D eigenvalue weighted by Crippen LogP contribution is -2.51. The van der Waals surface area contributed by atoms with E-state index in [0.29, 0.717) is 47.8 Å². The molecule has 2 aromatic carbocycles. The Labute approximate surface area is 273 Å². The summed E-state index contributed by atoms with van der Waals surface area (Å²) in [5.41, 5.74) is 2.94. The number of hydrogen-bond donors (Lipinski definition) is 2. The fourth-order valence-corrected chi connectivity index (χ4v) is 6.61. The van der Waals surface area contributed by atoms with Crippen LogP contribution >= 0.6 is 11.6 Å². The fraction of sp³-hybridized carbons (Fsp3) is 0.424. The van der Waals surface area contributed by atoms with Gasteiger partial charge in [0.05, 0.1) is 54.6 Å². The molecule has 3 fully saturated rings. The average molecular weight is 652 g/mol. The quantitative estimate of drug-likeness (QED) is 0.279. The maximum atomic E-state index is 13.8. The first-order chi connectivity index (χ1) is 22.3. The van der Waals surface area contributed by atoms with Crippen LogP contribution in [0.1, 0.15) is 37.8 Å². The molecule has 4 heterocycles. The second kappa shape index (κ2) is 14.2. The maximum Gasteiger partial charge on any atom is 0.247 e. The SMILES string of the molecule is C=CC(=O)Nc1cc(Nc2cc(N3OCC[C@@H]3c3ccc(F)c(Cl)c3)ncn2)c(OC)cc1N1CCC(N2CCO[C@@H](C)C2)CC1. The molecule has 0 radical (unpaired) electrons. The van der Waals surface area contributed by atoms with E-state index in [0.717, 1.165) is 56.9 Å². The molecular weight excluding hydrogens is 613 g/mol. The zero-order valence-electron chi connectivity index (χ0n) is 26.0. The van der Waals surface area contributed by atoms with Crippen molar-refractivity contribution in [3.8, 4) is 5.75 Å². The number of morpholine rings is 1. The highest BCUT2D eigenvalue weighted by atomic mass is 35.5. The minimum Gasteiger partial charge on any atom is -0.494 e. The number of ether oxygens (including phenoxy) is 2. The number of anilines is 5. The van der Waals surface area contributed by atoms with Crippen LogP contribution in [-0.4, -0.2) is 79.4 Å². The summed E-state index contributed by atoms with van der Waals surface area (Å²) in [6.07, 6.45) is 5.65. The van der Waals surface area contributed by atoms with E-state index in [9.17, 15) is 9.18 Å². The van der Waals surface area contributed by atoms with Crippen molar-refractivity contribution < 1.29 is 23.5 Å². The van der Waals surface area contributed by atoms with E-state index in [1.165, 1.54) is 18.5 Å². The molecule has 0 bridgehead atoms. The molecule has 3 aromatic rings. The van der Waals surface area contributed by atoms with Gasteiger partial charge in [0.2, 0.25) is 5.91 Å². The van der Waals surface area contributed by atoms with E-state index in [1.807, 2.05) is 12.1 Å². The number of piperidine rings is 1. The van der Waals surface area contributed by atoms with Crippen LogP contribution in [0.15, 0.2) is 55.4 Å². The number of rotatable bonds is 9. The van der Waals surface area contributed by atoms with E-state index in [2.05, 4.69) is 43.9 Å². The molecule has 0 unspecified atom stereocenters. The molecule has 46 heavy (non-hydrogen) atoms. The van der Waals surface area contributed by atoms with Crippen LogP contribution < -0.4 is 25.3 Å². The average Bonchev–Trinajstić information content (AvgIpc) is 3.57. The Morgan fingerprint density at radius 1 is 1.11 bits per heavy atom.